The zero-order valence-corrected chi connectivity index (χ0v) is 10.6. The van der Waals surface area contributed by atoms with E-state index in [4.69, 9.17) is 0 Å². The molecule has 2 saturated heterocycles. The summed E-state index contributed by atoms with van der Waals surface area (Å²) in [6.45, 7) is 8.87. The van der Waals surface area contributed by atoms with Crippen molar-refractivity contribution in [2.45, 2.75) is 51.6 Å². The minimum absolute atomic E-state index is 0.326. The van der Waals surface area contributed by atoms with Crippen LogP contribution in [-0.4, -0.2) is 53.8 Å². The Labute approximate surface area is 98.8 Å². The molecule has 2 aliphatic heterocycles. The standard InChI is InChI=1S/C13H24N2O/c1-11-9-15-8-4-6-13(15)10-14(11)7-3-5-12(2)16/h11,13H,3-10H2,1-2H3. The first-order valence-corrected chi connectivity index (χ1v) is 6.64. The van der Waals surface area contributed by atoms with E-state index in [0.29, 0.717) is 11.8 Å². The summed E-state index contributed by atoms with van der Waals surface area (Å²) in [5, 5.41) is 0. The van der Waals surface area contributed by atoms with E-state index in [9.17, 15) is 4.79 Å². The molecule has 0 aromatic heterocycles. The van der Waals surface area contributed by atoms with E-state index in [1.807, 2.05) is 0 Å². The molecule has 0 saturated carbocycles. The lowest BCUT2D eigenvalue weighted by molar-refractivity contribution is -0.117. The second-order valence-corrected chi connectivity index (χ2v) is 5.44. The van der Waals surface area contributed by atoms with Crippen LogP contribution in [0.15, 0.2) is 0 Å². The molecule has 2 fully saturated rings. The molecule has 16 heavy (non-hydrogen) atoms. The van der Waals surface area contributed by atoms with Gasteiger partial charge in [0.2, 0.25) is 0 Å². The van der Waals surface area contributed by atoms with Crippen LogP contribution in [0.2, 0.25) is 0 Å². The normalized spacial score (nSPS) is 31.6. The predicted octanol–water partition coefficient (Wildman–Crippen LogP) is 1.52. The van der Waals surface area contributed by atoms with Crippen molar-refractivity contribution < 1.29 is 4.79 Å². The molecule has 0 aromatic rings. The highest BCUT2D eigenvalue weighted by Crippen LogP contribution is 2.24. The minimum Gasteiger partial charge on any atom is -0.300 e. The summed E-state index contributed by atoms with van der Waals surface area (Å²) in [7, 11) is 0. The number of piperazine rings is 1. The lowest BCUT2D eigenvalue weighted by Crippen LogP contribution is -2.55. The van der Waals surface area contributed by atoms with Crippen LogP contribution in [0, 0.1) is 0 Å². The number of carbonyl (C=O) groups excluding carboxylic acids is 1. The van der Waals surface area contributed by atoms with Crippen LogP contribution in [0.25, 0.3) is 0 Å². The Hall–Kier alpha value is -0.410. The first kappa shape index (κ1) is 12.1. The first-order valence-electron chi connectivity index (χ1n) is 6.64. The van der Waals surface area contributed by atoms with E-state index in [-0.39, 0.29) is 0 Å². The zero-order valence-electron chi connectivity index (χ0n) is 10.6. The lowest BCUT2D eigenvalue weighted by Gasteiger charge is -2.42. The molecule has 3 heteroatoms. The largest absolute Gasteiger partial charge is 0.300 e. The van der Waals surface area contributed by atoms with Crippen LogP contribution >= 0.6 is 0 Å². The van der Waals surface area contributed by atoms with Crippen molar-refractivity contribution in [1.82, 2.24) is 9.80 Å². The smallest absolute Gasteiger partial charge is 0.129 e. The molecule has 2 atom stereocenters. The van der Waals surface area contributed by atoms with Gasteiger partial charge in [-0.05, 0) is 46.2 Å². The maximum atomic E-state index is 10.9. The summed E-state index contributed by atoms with van der Waals surface area (Å²) in [6, 6.07) is 1.47. The van der Waals surface area contributed by atoms with E-state index in [2.05, 4.69) is 16.7 Å². The van der Waals surface area contributed by atoms with Crippen LogP contribution in [0.4, 0.5) is 0 Å². The van der Waals surface area contributed by atoms with Crippen molar-refractivity contribution in [2.24, 2.45) is 0 Å². The van der Waals surface area contributed by atoms with Crippen LogP contribution in [-0.2, 0) is 4.79 Å². The Kier molecular flexibility index (Phi) is 3.98. The number of hydrogen-bond donors (Lipinski definition) is 0. The van der Waals surface area contributed by atoms with Gasteiger partial charge in [0.15, 0.2) is 0 Å². The van der Waals surface area contributed by atoms with E-state index in [1.165, 1.54) is 32.5 Å². The quantitative estimate of drug-likeness (QED) is 0.723. The highest BCUT2D eigenvalue weighted by atomic mass is 16.1. The zero-order chi connectivity index (χ0) is 11.5. The van der Waals surface area contributed by atoms with Gasteiger partial charge in [0.25, 0.3) is 0 Å². The van der Waals surface area contributed by atoms with Gasteiger partial charge in [-0.1, -0.05) is 0 Å². The summed E-state index contributed by atoms with van der Waals surface area (Å²) >= 11 is 0. The Morgan fingerprint density at radius 1 is 1.38 bits per heavy atom. The van der Waals surface area contributed by atoms with E-state index in [1.54, 1.807) is 6.92 Å². The number of carbonyl (C=O) groups is 1. The Bertz CT molecular complexity index is 254. The third kappa shape index (κ3) is 2.83. The average molecular weight is 224 g/mol. The molecular formula is C13H24N2O. The number of nitrogens with zero attached hydrogens (tertiary/aromatic N) is 2. The molecule has 0 aliphatic carbocycles. The molecule has 0 radical (unpaired) electrons. The van der Waals surface area contributed by atoms with Crippen molar-refractivity contribution in [3.8, 4) is 0 Å². The monoisotopic (exact) mass is 224 g/mol. The summed E-state index contributed by atoms with van der Waals surface area (Å²) < 4.78 is 0. The molecular weight excluding hydrogens is 200 g/mol. The summed E-state index contributed by atoms with van der Waals surface area (Å²) in [5.41, 5.74) is 0. The second kappa shape index (κ2) is 5.28. The van der Waals surface area contributed by atoms with Gasteiger partial charge >= 0.3 is 0 Å². The molecule has 0 aromatic carbocycles. The topological polar surface area (TPSA) is 23.6 Å². The third-order valence-corrected chi connectivity index (χ3v) is 4.04. The molecule has 0 spiro atoms. The lowest BCUT2D eigenvalue weighted by atomic mass is 10.1. The highest BCUT2D eigenvalue weighted by Gasteiger charge is 2.33. The van der Waals surface area contributed by atoms with Gasteiger partial charge in [0, 0.05) is 31.6 Å². The van der Waals surface area contributed by atoms with E-state index < -0.39 is 0 Å². The first-order chi connectivity index (χ1) is 7.66. The minimum atomic E-state index is 0.326. The summed E-state index contributed by atoms with van der Waals surface area (Å²) in [4.78, 5) is 16.1. The van der Waals surface area contributed by atoms with Crippen LogP contribution in [0.5, 0.6) is 0 Å². The van der Waals surface area contributed by atoms with Gasteiger partial charge in [-0.25, -0.2) is 0 Å². The molecule has 0 N–H and O–H groups in total. The Morgan fingerprint density at radius 2 is 2.19 bits per heavy atom. The Morgan fingerprint density at radius 3 is 2.94 bits per heavy atom. The van der Waals surface area contributed by atoms with Gasteiger partial charge in [-0.3, -0.25) is 9.80 Å². The molecule has 2 aliphatic rings. The van der Waals surface area contributed by atoms with Crippen molar-refractivity contribution in [2.75, 3.05) is 26.2 Å². The van der Waals surface area contributed by atoms with Gasteiger partial charge in [-0.15, -0.1) is 0 Å². The number of ketones is 1. The van der Waals surface area contributed by atoms with Crippen LogP contribution in [0.3, 0.4) is 0 Å². The van der Waals surface area contributed by atoms with Gasteiger partial charge in [0.1, 0.15) is 5.78 Å². The third-order valence-electron chi connectivity index (χ3n) is 4.04. The van der Waals surface area contributed by atoms with Crippen molar-refractivity contribution >= 4 is 5.78 Å². The van der Waals surface area contributed by atoms with Gasteiger partial charge in [-0.2, -0.15) is 0 Å². The van der Waals surface area contributed by atoms with Crippen molar-refractivity contribution in [3.05, 3.63) is 0 Å². The maximum Gasteiger partial charge on any atom is 0.129 e. The second-order valence-electron chi connectivity index (χ2n) is 5.44. The van der Waals surface area contributed by atoms with Crippen LogP contribution in [0.1, 0.15) is 39.5 Å². The van der Waals surface area contributed by atoms with E-state index in [0.717, 1.165) is 25.4 Å². The fourth-order valence-electron chi connectivity index (χ4n) is 3.09. The molecule has 2 unspecified atom stereocenters. The van der Waals surface area contributed by atoms with Crippen molar-refractivity contribution in [1.29, 1.82) is 0 Å². The number of rotatable bonds is 4. The van der Waals surface area contributed by atoms with Crippen LogP contribution < -0.4 is 0 Å². The van der Waals surface area contributed by atoms with Crippen molar-refractivity contribution in [3.63, 3.8) is 0 Å². The van der Waals surface area contributed by atoms with Gasteiger partial charge < -0.3 is 4.79 Å². The SMILES string of the molecule is CC(=O)CCCN1CC2CCCN2CC1C. The number of hydrogen-bond acceptors (Lipinski definition) is 3. The van der Waals surface area contributed by atoms with Gasteiger partial charge in [0.05, 0.1) is 0 Å². The maximum absolute atomic E-state index is 10.9. The van der Waals surface area contributed by atoms with E-state index >= 15 is 0 Å². The number of Topliss-reactive ketones (excluding diaryl/α,β-unsaturated/α-hetero) is 1. The molecule has 2 heterocycles. The molecule has 92 valence electrons. The Balaban J connectivity index is 1.78. The molecule has 0 bridgehead atoms. The fourth-order valence-corrected chi connectivity index (χ4v) is 3.09. The summed E-state index contributed by atoms with van der Waals surface area (Å²) in [6.07, 6.45) is 4.53. The molecule has 3 nitrogen and oxygen atoms in total. The average Bonchev–Trinajstić information content (AvgIpc) is 2.64. The fraction of sp³-hybridized carbons (Fsp3) is 0.923. The highest BCUT2D eigenvalue weighted by molar-refractivity contribution is 5.75. The predicted molar refractivity (Wildman–Crippen MR) is 65.5 cm³/mol. The molecule has 2 rings (SSSR count). The number of fused-ring (bicyclic) bond motifs is 1. The summed E-state index contributed by atoms with van der Waals surface area (Å²) in [5.74, 6) is 0.326. The molecule has 0 amide bonds.